The molecule has 4 atom stereocenters. The van der Waals surface area contributed by atoms with Crippen LogP contribution in [0.2, 0.25) is 5.15 Å². The number of amides is 1. The second-order valence-corrected chi connectivity index (χ2v) is 23.0. The van der Waals surface area contributed by atoms with Crippen LogP contribution in [0, 0.1) is 5.82 Å². The Morgan fingerprint density at radius 2 is 2.00 bits per heavy atom. The highest BCUT2D eigenvalue weighted by Crippen LogP contribution is 2.71. The maximum Gasteiger partial charge on any atom is 0.231 e. The van der Waals surface area contributed by atoms with Crippen molar-refractivity contribution >= 4 is 70.9 Å². The quantitative estimate of drug-likeness (QED) is 0.248. The zero-order valence-electron chi connectivity index (χ0n) is 20.6. The van der Waals surface area contributed by atoms with Crippen molar-refractivity contribution in [2.45, 2.75) is 31.7 Å². The van der Waals surface area contributed by atoms with E-state index in [-0.39, 0.29) is 30.5 Å². The minimum absolute atomic E-state index is 0.0699. The monoisotopic (exact) mass is 629 g/mol. The van der Waals surface area contributed by atoms with Gasteiger partial charge in [-0.25, -0.2) is 19.3 Å². The predicted molar refractivity (Wildman–Crippen MR) is 168 cm³/mol. The Morgan fingerprint density at radius 3 is 2.71 bits per heavy atom. The molecule has 14 heteroatoms. The van der Waals surface area contributed by atoms with E-state index in [1.807, 2.05) is 6.07 Å². The van der Waals surface area contributed by atoms with Crippen molar-refractivity contribution in [1.82, 2.24) is 15.0 Å². The Bertz CT molecular complexity index is 1270. The summed E-state index contributed by atoms with van der Waals surface area (Å²) in [6, 6.07) is 8.85. The third-order valence-electron chi connectivity index (χ3n) is 6.15. The van der Waals surface area contributed by atoms with Crippen LogP contribution in [-0.4, -0.2) is 46.7 Å². The van der Waals surface area contributed by atoms with Gasteiger partial charge in [0.1, 0.15) is 11.0 Å². The third-order valence-corrected chi connectivity index (χ3v) is 18.4. The van der Waals surface area contributed by atoms with Crippen LogP contribution in [0.15, 0.2) is 42.7 Å². The summed E-state index contributed by atoms with van der Waals surface area (Å²) in [7, 11) is 9.24. The molecule has 38 heavy (non-hydrogen) atoms. The number of fused-ring (bicyclic) bond motifs is 1. The number of nitrogens with zero attached hydrogens (tertiary/aromatic N) is 4. The highest BCUT2D eigenvalue weighted by atomic mass is 35.5. The van der Waals surface area contributed by atoms with Crippen molar-refractivity contribution in [2.24, 2.45) is 0 Å². The third kappa shape index (κ3) is 8.05. The highest BCUT2D eigenvalue weighted by molar-refractivity contribution is 8.77. The van der Waals surface area contributed by atoms with Gasteiger partial charge in [0.25, 0.3) is 0 Å². The molecule has 2 aliphatic rings. The second-order valence-electron chi connectivity index (χ2n) is 8.72. The molecule has 1 amide bonds. The number of nitrogens with one attached hydrogen (secondary N) is 1. The minimum Gasteiger partial charge on any atom is -0.381 e. The number of halogens is 2. The number of pyridine rings is 1. The summed E-state index contributed by atoms with van der Waals surface area (Å²) < 4.78 is 20.6. The number of carbonyl (C=O) groups excluding carboxylic acids is 1. The maximum absolute atomic E-state index is 15.2. The SMILES string of the molecule is O=C(Cc1cccnc1Cl)N1CCc2cc(-c3ccnc(NC4CCOCC4)n3)cc(F)c21.PPP(P)P. The molecule has 2 aliphatic heterocycles. The largest absolute Gasteiger partial charge is 0.381 e. The Morgan fingerprint density at radius 1 is 1.24 bits per heavy atom. The Labute approximate surface area is 237 Å². The molecule has 0 saturated carbocycles. The lowest BCUT2D eigenvalue weighted by atomic mass is 10.0. The number of benzene rings is 1. The molecule has 2 aromatic heterocycles. The molecular formula is C24H30ClFN5O2P5. The lowest BCUT2D eigenvalue weighted by Crippen LogP contribution is -2.31. The van der Waals surface area contributed by atoms with Crippen molar-refractivity contribution < 1.29 is 13.9 Å². The van der Waals surface area contributed by atoms with Gasteiger partial charge in [0.15, 0.2) is 0 Å². The van der Waals surface area contributed by atoms with Crippen LogP contribution in [0.4, 0.5) is 16.0 Å². The molecule has 202 valence electrons. The van der Waals surface area contributed by atoms with Crippen LogP contribution < -0.4 is 10.2 Å². The number of carbonyl (C=O) groups is 1. The van der Waals surface area contributed by atoms with Gasteiger partial charge in [-0.1, -0.05) is 25.6 Å². The number of hydrogen-bond donors (Lipinski definition) is 1. The van der Waals surface area contributed by atoms with Crippen LogP contribution in [0.3, 0.4) is 0 Å². The van der Waals surface area contributed by atoms with E-state index in [0.29, 0.717) is 41.4 Å². The van der Waals surface area contributed by atoms with Crippen molar-refractivity contribution in [3.8, 4) is 11.3 Å². The van der Waals surface area contributed by atoms with Crippen LogP contribution in [-0.2, 0) is 22.4 Å². The molecule has 7 nitrogen and oxygen atoms in total. The molecule has 0 aliphatic carbocycles. The molecular weight excluding hydrogens is 600 g/mol. The van der Waals surface area contributed by atoms with E-state index < -0.39 is 5.82 Å². The summed E-state index contributed by atoms with van der Waals surface area (Å²) in [5.41, 5.74) is 3.04. The summed E-state index contributed by atoms with van der Waals surface area (Å²) in [6.07, 6.45) is 5.68. The molecule has 1 fully saturated rings. The summed E-state index contributed by atoms with van der Waals surface area (Å²) >= 11 is 6.09. The first-order valence-electron chi connectivity index (χ1n) is 12.0. The predicted octanol–water partition coefficient (Wildman–Crippen LogP) is 6.49. The molecule has 1 N–H and O–H groups in total. The van der Waals surface area contributed by atoms with Crippen LogP contribution in [0.1, 0.15) is 24.0 Å². The zero-order chi connectivity index (χ0) is 27.1. The van der Waals surface area contributed by atoms with Gasteiger partial charge in [0.2, 0.25) is 11.9 Å². The first-order valence-corrected chi connectivity index (χ1v) is 20.6. The van der Waals surface area contributed by atoms with Gasteiger partial charge in [-0.3, -0.25) is 4.79 Å². The number of ether oxygens (including phenoxy) is 1. The average molecular weight is 630 g/mol. The van der Waals surface area contributed by atoms with Gasteiger partial charge in [-0.15, -0.1) is 26.8 Å². The van der Waals surface area contributed by atoms with Crippen LogP contribution in [0.5, 0.6) is 0 Å². The van der Waals surface area contributed by atoms with E-state index in [0.717, 1.165) is 39.6 Å². The van der Waals surface area contributed by atoms with E-state index in [2.05, 4.69) is 47.1 Å². The molecule has 5 rings (SSSR count). The fourth-order valence-corrected chi connectivity index (χ4v) is 4.50. The van der Waals surface area contributed by atoms with Gasteiger partial charge in [0, 0.05) is 43.8 Å². The van der Waals surface area contributed by atoms with Gasteiger partial charge >= 0.3 is 0 Å². The Kier molecular flexibility index (Phi) is 11.5. The molecule has 4 unspecified atom stereocenters. The topological polar surface area (TPSA) is 80.2 Å². The molecule has 1 saturated heterocycles. The standard InChI is InChI=1S/C24H23ClFN5O2.H7P5/c25-23-16(2-1-7-27-23)14-21(32)31-9-4-15-12-17(13-19(26)22(15)31)20-3-8-28-24(30-20)29-18-5-10-33-11-6-18;1-4-5(2)3/h1-3,7-8,12-13,18H,4-6,9-11,14H2,(H,28,29,30);4H,1-3H2. The van der Waals surface area contributed by atoms with Crippen molar-refractivity contribution in [1.29, 1.82) is 0 Å². The van der Waals surface area contributed by atoms with Gasteiger partial charge in [-0.05, 0) is 61.6 Å². The van der Waals surface area contributed by atoms with E-state index in [1.54, 1.807) is 30.6 Å². The van der Waals surface area contributed by atoms with Crippen molar-refractivity contribution in [2.75, 3.05) is 30.0 Å². The lowest BCUT2D eigenvalue weighted by Gasteiger charge is -2.23. The van der Waals surface area contributed by atoms with Crippen molar-refractivity contribution in [3.05, 3.63) is 64.8 Å². The normalized spacial score (nSPS) is 15.5. The van der Waals surface area contributed by atoms with E-state index in [4.69, 9.17) is 16.3 Å². The average Bonchev–Trinajstić information content (AvgIpc) is 3.36. The summed E-state index contributed by atoms with van der Waals surface area (Å²) in [4.78, 5) is 27.3. The number of aromatic nitrogens is 3. The smallest absolute Gasteiger partial charge is 0.231 e. The molecule has 4 heterocycles. The van der Waals surface area contributed by atoms with Gasteiger partial charge in [-0.2, -0.15) is 0 Å². The first kappa shape index (κ1) is 30.0. The van der Waals surface area contributed by atoms with E-state index >= 15 is 4.39 Å². The Balaban J connectivity index is 0.000000617. The molecule has 3 aromatic rings. The Hall–Kier alpha value is -0.950. The minimum atomic E-state index is -0.441. The maximum atomic E-state index is 15.2. The first-order chi connectivity index (χ1) is 18.4. The molecule has 0 bridgehead atoms. The molecule has 0 spiro atoms. The van der Waals surface area contributed by atoms with Crippen LogP contribution in [0.25, 0.3) is 11.3 Å². The van der Waals surface area contributed by atoms with Crippen molar-refractivity contribution in [3.63, 3.8) is 0 Å². The second kappa shape index (κ2) is 14.6. The van der Waals surface area contributed by atoms with Crippen LogP contribution >= 0.6 is 53.3 Å². The van der Waals surface area contributed by atoms with E-state index in [1.165, 1.54) is 11.0 Å². The van der Waals surface area contributed by atoms with Gasteiger partial charge < -0.3 is 15.0 Å². The zero-order valence-corrected chi connectivity index (χ0v) is 26.7. The highest BCUT2D eigenvalue weighted by Gasteiger charge is 2.29. The summed E-state index contributed by atoms with van der Waals surface area (Å²) in [6.45, 7) is 2.08. The lowest BCUT2D eigenvalue weighted by molar-refractivity contribution is -0.117. The number of rotatable bonds is 6. The molecule has 0 radical (unpaired) electrons. The van der Waals surface area contributed by atoms with E-state index in [9.17, 15) is 4.79 Å². The summed E-state index contributed by atoms with van der Waals surface area (Å²) in [5, 5.41) is 3.63. The number of hydrogen-bond acceptors (Lipinski definition) is 6. The summed E-state index contributed by atoms with van der Waals surface area (Å²) in [5.74, 6) is -0.131. The fourth-order valence-electron chi connectivity index (χ4n) is 4.31. The van der Waals surface area contributed by atoms with Gasteiger partial charge in [0.05, 0.1) is 17.8 Å². The molecule has 1 aromatic carbocycles. The fraction of sp³-hybridized carbons (Fsp3) is 0.333. The number of anilines is 2.